The average molecular weight is 231 g/mol. The topological polar surface area (TPSA) is 53.1 Å². The van der Waals surface area contributed by atoms with Crippen LogP contribution in [0.4, 0.5) is 5.69 Å². The molecule has 4 nitrogen and oxygen atoms in total. The molecule has 0 spiro atoms. The average Bonchev–Trinajstić information content (AvgIpc) is 2.82. The SMILES string of the molecule is Cn1cc(N)c(OC2C[C@H]3C=CC=C[C@H]3C2)n1. The highest BCUT2D eigenvalue weighted by Gasteiger charge is 2.33. The fourth-order valence-electron chi connectivity index (χ4n) is 2.74. The summed E-state index contributed by atoms with van der Waals surface area (Å²) in [5.41, 5.74) is 6.45. The van der Waals surface area contributed by atoms with Crippen LogP contribution in [-0.4, -0.2) is 15.9 Å². The molecule has 3 atom stereocenters. The zero-order valence-electron chi connectivity index (χ0n) is 9.91. The van der Waals surface area contributed by atoms with Crippen molar-refractivity contribution >= 4 is 5.69 Å². The summed E-state index contributed by atoms with van der Waals surface area (Å²) in [5, 5.41) is 4.22. The number of rotatable bonds is 2. The summed E-state index contributed by atoms with van der Waals surface area (Å²) >= 11 is 0. The number of aromatic nitrogens is 2. The third-order valence-electron chi connectivity index (χ3n) is 3.55. The standard InChI is InChI=1S/C13H17N3O/c1-16-8-12(14)13(15-16)17-11-6-9-4-2-3-5-10(9)7-11/h2-5,8-11H,6-7,14H2,1H3/t9-,10+,11?. The number of fused-ring (bicyclic) bond motifs is 1. The zero-order chi connectivity index (χ0) is 11.8. The van der Waals surface area contributed by atoms with E-state index >= 15 is 0 Å². The van der Waals surface area contributed by atoms with E-state index in [0.717, 1.165) is 12.8 Å². The number of nitrogens with zero attached hydrogens (tertiary/aromatic N) is 2. The van der Waals surface area contributed by atoms with Crippen LogP contribution in [0.5, 0.6) is 5.88 Å². The van der Waals surface area contributed by atoms with Gasteiger partial charge in [0.15, 0.2) is 0 Å². The maximum absolute atomic E-state index is 5.89. The number of nitrogens with two attached hydrogens (primary N) is 1. The van der Waals surface area contributed by atoms with Crippen molar-refractivity contribution in [3.8, 4) is 5.88 Å². The molecule has 17 heavy (non-hydrogen) atoms. The Kier molecular flexibility index (Phi) is 2.42. The Balaban J connectivity index is 1.69. The predicted molar refractivity (Wildman–Crippen MR) is 66.5 cm³/mol. The lowest BCUT2D eigenvalue weighted by molar-refractivity contribution is 0.196. The second-order valence-electron chi connectivity index (χ2n) is 4.87. The highest BCUT2D eigenvalue weighted by molar-refractivity contribution is 5.45. The highest BCUT2D eigenvalue weighted by atomic mass is 16.5. The Hall–Kier alpha value is -1.71. The smallest absolute Gasteiger partial charge is 0.256 e. The molecule has 0 amide bonds. The van der Waals surface area contributed by atoms with Gasteiger partial charge in [0.2, 0.25) is 0 Å². The van der Waals surface area contributed by atoms with E-state index in [1.807, 2.05) is 7.05 Å². The van der Waals surface area contributed by atoms with Crippen LogP contribution in [0.15, 0.2) is 30.5 Å². The van der Waals surface area contributed by atoms with Gasteiger partial charge in [-0.3, -0.25) is 4.68 Å². The molecule has 1 aromatic heterocycles. The quantitative estimate of drug-likeness (QED) is 0.845. The number of aryl methyl sites for hydroxylation is 1. The Morgan fingerprint density at radius 1 is 1.29 bits per heavy atom. The number of hydrogen-bond acceptors (Lipinski definition) is 3. The van der Waals surface area contributed by atoms with E-state index in [2.05, 4.69) is 29.4 Å². The van der Waals surface area contributed by atoms with E-state index in [0.29, 0.717) is 23.4 Å². The van der Waals surface area contributed by atoms with Gasteiger partial charge in [-0.2, -0.15) is 0 Å². The van der Waals surface area contributed by atoms with Crippen molar-refractivity contribution in [3.63, 3.8) is 0 Å². The van der Waals surface area contributed by atoms with E-state index in [1.54, 1.807) is 10.9 Å². The monoisotopic (exact) mass is 231 g/mol. The molecule has 2 aliphatic rings. The maximum atomic E-state index is 5.89. The van der Waals surface area contributed by atoms with Crippen LogP contribution in [-0.2, 0) is 7.05 Å². The molecule has 3 rings (SSSR count). The summed E-state index contributed by atoms with van der Waals surface area (Å²) in [6.07, 6.45) is 12.9. The highest BCUT2D eigenvalue weighted by Crippen LogP contribution is 2.38. The molecule has 2 aliphatic carbocycles. The number of nitrogen functional groups attached to an aromatic ring is 1. The minimum atomic E-state index is 0.231. The molecule has 0 bridgehead atoms. The van der Waals surface area contributed by atoms with Gasteiger partial charge in [0.25, 0.3) is 5.88 Å². The molecular weight excluding hydrogens is 214 g/mol. The second-order valence-corrected chi connectivity index (χ2v) is 4.87. The first-order valence-electron chi connectivity index (χ1n) is 6.03. The zero-order valence-corrected chi connectivity index (χ0v) is 9.91. The first kappa shape index (κ1) is 10.4. The van der Waals surface area contributed by atoms with Crippen molar-refractivity contribution in [2.24, 2.45) is 18.9 Å². The Labute approximate surface area is 101 Å². The molecule has 0 saturated heterocycles. The maximum Gasteiger partial charge on any atom is 0.256 e. The van der Waals surface area contributed by atoms with Crippen LogP contribution in [0.2, 0.25) is 0 Å². The molecule has 90 valence electrons. The van der Waals surface area contributed by atoms with Gasteiger partial charge in [-0.05, 0) is 24.7 Å². The van der Waals surface area contributed by atoms with E-state index in [9.17, 15) is 0 Å². The second kappa shape index (κ2) is 3.95. The number of ether oxygens (including phenoxy) is 1. The van der Waals surface area contributed by atoms with Crippen LogP contribution < -0.4 is 10.5 Å². The van der Waals surface area contributed by atoms with Crippen LogP contribution in [0, 0.1) is 11.8 Å². The van der Waals surface area contributed by atoms with Gasteiger partial charge in [-0.25, -0.2) is 0 Å². The number of allylic oxidation sites excluding steroid dienone is 4. The summed E-state index contributed by atoms with van der Waals surface area (Å²) in [4.78, 5) is 0. The summed E-state index contributed by atoms with van der Waals surface area (Å²) in [5.74, 6) is 1.81. The molecule has 0 radical (unpaired) electrons. The van der Waals surface area contributed by atoms with Crippen LogP contribution >= 0.6 is 0 Å². The van der Waals surface area contributed by atoms with Gasteiger partial charge in [0.1, 0.15) is 11.8 Å². The van der Waals surface area contributed by atoms with Gasteiger partial charge in [-0.1, -0.05) is 24.3 Å². The van der Waals surface area contributed by atoms with Crippen molar-refractivity contribution in [1.29, 1.82) is 0 Å². The molecule has 1 fully saturated rings. The molecule has 4 heteroatoms. The first-order valence-corrected chi connectivity index (χ1v) is 6.03. The van der Waals surface area contributed by atoms with Gasteiger partial charge < -0.3 is 10.5 Å². The molecule has 0 aromatic carbocycles. The van der Waals surface area contributed by atoms with Crippen molar-refractivity contribution in [2.75, 3.05) is 5.73 Å². The van der Waals surface area contributed by atoms with Crippen molar-refractivity contribution < 1.29 is 4.74 Å². The van der Waals surface area contributed by atoms with E-state index < -0.39 is 0 Å². The third-order valence-corrected chi connectivity index (χ3v) is 3.55. The summed E-state index contributed by atoms with van der Waals surface area (Å²) in [7, 11) is 1.85. The molecule has 1 aromatic rings. The van der Waals surface area contributed by atoms with E-state index in [-0.39, 0.29) is 6.10 Å². The van der Waals surface area contributed by atoms with Crippen molar-refractivity contribution in [3.05, 3.63) is 30.5 Å². The van der Waals surface area contributed by atoms with Gasteiger partial charge in [0, 0.05) is 7.05 Å². The molecular formula is C13H17N3O. The largest absolute Gasteiger partial charge is 0.472 e. The fraction of sp³-hybridized carbons (Fsp3) is 0.462. The molecule has 1 saturated carbocycles. The minimum absolute atomic E-state index is 0.231. The van der Waals surface area contributed by atoms with Gasteiger partial charge >= 0.3 is 0 Å². The minimum Gasteiger partial charge on any atom is -0.472 e. The molecule has 2 N–H and O–H groups in total. The van der Waals surface area contributed by atoms with E-state index in [4.69, 9.17) is 10.5 Å². The Bertz CT molecular complexity index is 455. The lowest BCUT2D eigenvalue weighted by Crippen LogP contribution is -2.13. The molecule has 0 aliphatic heterocycles. The summed E-state index contributed by atoms with van der Waals surface area (Å²) < 4.78 is 7.58. The lowest BCUT2D eigenvalue weighted by Gasteiger charge is -2.12. The van der Waals surface area contributed by atoms with Gasteiger partial charge in [0.05, 0.1) is 6.20 Å². The normalized spacial score (nSPS) is 30.5. The Morgan fingerprint density at radius 2 is 1.94 bits per heavy atom. The first-order chi connectivity index (χ1) is 8.22. The summed E-state index contributed by atoms with van der Waals surface area (Å²) in [6.45, 7) is 0. The fourth-order valence-corrected chi connectivity index (χ4v) is 2.74. The van der Waals surface area contributed by atoms with Gasteiger partial charge in [-0.15, -0.1) is 5.10 Å². The van der Waals surface area contributed by atoms with Crippen LogP contribution in [0.25, 0.3) is 0 Å². The molecule has 1 unspecified atom stereocenters. The van der Waals surface area contributed by atoms with Crippen molar-refractivity contribution in [1.82, 2.24) is 9.78 Å². The third kappa shape index (κ3) is 1.95. The van der Waals surface area contributed by atoms with Crippen molar-refractivity contribution in [2.45, 2.75) is 18.9 Å². The molecule has 1 heterocycles. The Morgan fingerprint density at radius 3 is 2.47 bits per heavy atom. The number of anilines is 1. The number of hydrogen-bond donors (Lipinski definition) is 1. The predicted octanol–water partition coefficient (Wildman–Crippen LogP) is 1.90. The summed E-state index contributed by atoms with van der Waals surface area (Å²) in [6, 6.07) is 0. The van der Waals surface area contributed by atoms with Crippen LogP contribution in [0.1, 0.15) is 12.8 Å². The van der Waals surface area contributed by atoms with E-state index in [1.165, 1.54) is 0 Å². The van der Waals surface area contributed by atoms with Crippen LogP contribution in [0.3, 0.4) is 0 Å². The lowest BCUT2D eigenvalue weighted by atomic mass is 9.92.